The summed E-state index contributed by atoms with van der Waals surface area (Å²) in [5.74, 6) is -1.65. The average molecular weight is 252 g/mol. The van der Waals surface area contributed by atoms with E-state index in [4.69, 9.17) is 0 Å². The lowest BCUT2D eigenvalue weighted by Gasteiger charge is -2.12. The summed E-state index contributed by atoms with van der Waals surface area (Å²) in [7, 11) is -3.68. The van der Waals surface area contributed by atoms with Crippen LogP contribution in [0.1, 0.15) is 20.3 Å². The molecule has 0 amide bonds. The number of esters is 2. The number of sulfone groups is 1. The molecule has 0 saturated heterocycles. The molecule has 0 aromatic rings. The van der Waals surface area contributed by atoms with Gasteiger partial charge < -0.3 is 9.47 Å². The molecule has 0 spiro atoms. The van der Waals surface area contributed by atoms with E-state index in [-0.39, 0.29) is 13.2 Å². The Hall–Kier alpha value is -1.11. The van der Waals surface area contributed by atoms with Crippen molar-refractivity contribution in [2.24, 2.45) is 0 Å². The second-order valence-electron chi connectivity index (χ2n) is 3.08. The van der Waals surface area contributed by atoms with E-state index in [1.54, 1.807) is 13.8 Å². The maximum atomic E-state index is 11.3. The molecule has 0 heterocycles. The molecule has 0 aliphatic carbocycles. The Morgan fingerprint density at radius 1 is 1.12 bits per heavy atom. The Labute approximate surface area is 94.8 Å². The minimum absolute atomic E-state index is 0.0632. The smallest absolute Gasteiger partial charge is 0.324 e. The first kappa shape index (κ1) is 14.9. The monoisotopic (exact) mass is 252 g/mol. The summed E-state index contributed by atoms with van der Waals surface area (Å²) in [4.78, 5) is 22.4. The summed E-state index contributed by atoms with van der Waals surface area (Å²) in [5.41, 5.74) is 0. The van der Waals surface area contributed by atoms with Gasteiger partial charge in [-0.2, -0.15) is 0 Å². The molecular weight excluding hydrogens is 236 g/mol. The Balaban J connectivity index is 4.71. The van der Waals surface area contributed by atoms with Crippen LogP contribution in [-0.4, -0.2) is 45.1 Å². The number of ether oxygens (including phenoxy) is 2. The van der Waals surface area contributed by atoms with Crippen molar-refractivity contribution < 1.29 is 27.5 Å². The summed E-state index contributed by atoms with van der Waals surface area (Å²) < 4.78 is 31.7. The zero-order valence-corrected chi connectivity index (χ0v) is 10.4. The molecule has 7 heteroatoms. The fraction of sp³-hybridized carbons (Fsp3) is 0.778. The van der Waals surface area contributed by atoms with Crippen LogP contribution in [0.5, 0.6) is 0 Å². The number of hydrogen-bond donors (Lipinski definition) is 0. The van der Waals surface area contributed by atoms with Crippen LogP contribution in [0.3, 0.4) is 0 Å². The summed E-state index contributed by atoms with van der Waals surface area (Å²) in [6.07, 6.45) is 0.374. The SMILES string of the molecule is CCOC(=O)CC(C(=O)OCC)S(C)(=O)=O. The Kier molecular flexibility index (Phi) is 6.02. The predicted octanol–water partition coefficient (Wildman–Crippen LogP) is -0.0841. The third-order valence-electron chi connectivity index (χ3n) is 1.72. The van der Waals surface area contributed by atoms with Crippen LogP contribution in [0.15, 0.2) is 0 Å². The van der Waals surface area contributed by atoms with Gasteiger partial charge >= 0.3 is 11.9 Å². The molecule has 0 aromatic carbocycles. The molecule has 1 atom stereocenters. The van der Waals surface area contributed by atoms with Crippen LogP contribution in [-0.2, 0) is 28.9 Å². The van der Waals surface area contributed by atoms with E-state index in [1.807, 2.05) is 0 Å². The minimum atomic E-state index is -3.68. The minimum Gasteiger partial charge on any atom is -0.466 e. The molecule has 0 N–H and O–H groups in total. The maximum absolute atomic E-state index is 11.3. The van der Waals surface area contributed by atoms with Crippen LogP contribution < -0.4 is 0 Å². The molecule has 94 valence electrons. The molecule has 16 heavy (non-hydrogen) atoms. The van der Waals surface area contributed by atoms with Gasteiger partial charge in [0.2, 0.25) is 0 Å². The normalized spacial score (nSPS) is 12.9. The summed E-state index contributed by atoms with van der Waals surface area (Å²) in [6, 6.07) is 0. The molecule has 0 aliphatic rings. The quantitative estimate of drug-likeness (QED) is 0.614. The first-order valence-electron chi connectivity index (χ1n) is 4.84. The highest BCUT2D eigenvalue weighted by atomic mass is 32.2. The molecule has 6 nitrogen and oxygen atoms in total. The number of carbonyl (C=O) groups excluding carboxylic acids is 2. The summed E-state index contributed by atoms with van der Waals surface area (Å²) >= 11 is 0. The third kappa shape index (κ3) is 5.11. The molecule has 0 saturated carbocycles. The number of carbonyl (C=O) groups is 2. The van der Waals surface area contributed by atoms with Crippen LogP contribution in [0.25, 0.3) is 0 Å². The molecule has 0 radical (unpaired) electrons. The van der Waals surface area contributed by atoms with Gasteiger partial charge in [0, 0.05) is 6.26 Å². The van der Waals surface area contributed by atoms with E-state index in [2.05, 4.69) is 9.47 Å². The van der Waals surface area contributed by atoms with Crippen molar-refractivity contribution in [2.45, 2.75) is 25.5 Å². The summed E-state index contributed by atoms with van der Waals surface area (Å²) in [6.45, 7) is 3.35. The standard InChI is InChI=1S/C9H16O6S/c1-4-14-8(10)6-7(16(3,12)13)9(11)15-5-2/h7H,4-6H2,1-3H3. The van der Waals surface area contributed by atoms with Crippen molar-refractivity contribution in [1.82, 2.24) is 0 Å². The molecule has 0 rings (SSSR count). The van der Waals surface area contributed by atoms with Gasteiger partial charge in [0.1, 0.15) is 0 Å². The van der Waals surface area contributed by atoms with Crippen LogP contribution in [0, 0.1) is 0 Å². The van der Waals surface area contributed by atoms with Gasteiger partial charge in [-0.1, -0.05) is 0 Å². The number of hydrogen-bond acceptors (Lipinski definition) is 6. The first-order valence-corrected chi connectivity index (χ1v) is 6.79. The molecule has 0 fully saturated rings. The van der Waals surface area contributed by atoms with Crippen molar-refractivity contribution in [3.05, 3.63) is 0 Å². The van der Waals surface area contributed by atoms with E-state index in [9.17, 15) is 18.0 Å². The van der Waals surface area contributed by atoms with Crippen molar-refractivity contribution in [1.29, 1.82) is 0 Å². The fourth-order valence-electron chi connectivity index (χ4n) is 1.02. The Bertz CT molecular complexity index is 345. The predicted molar refractivity (Wildman–Crippen MR) is 56.5 cm³/mol. The van der Waals surface area contributed by atoms with Gasteiger partial charge in [-0.3, -0.25) is 9.59 Å². The largest absolute Gasteiger partial charge is 0.466 e. The Morgan fingerprint density at radius 3 is 2.00 bits per heavy atom. The molecule has 0 bridgehead atoms. The van der Waals surface area contributed by atoms with Crippen LogP contribution in [0.2, 0.25) is 0 Å². The first-order chi connectivity index (χ1) is 7.32. The topological polar surface area (TPSA) is 86.7 Å². The zero-order chi connectivity index (χ0) is 12.8. The highest BCUT2D eigenvalue weighted by Crippen LogP contribution is 2.08. The molecular formula is C9H16O6S. The van der Waals surface area contributed by atoms with E-state index < -0.39 is 33.4 Å². The zero-order valence-electron chi connectivity index (χ0n) is 9.56. The lowest BCUT2D eigenvalue weighted by molar-refractivity contribution is -0.149. The fourth-order valence-corrected chi connectivity index (χ4v) is 1.87. The van der Waals surface area contributed by atoms with Gasteiger partial charge in [0.15, 0.2) is 15.1 Å². The Morgan fingerprint density at radius 2 is 1.62 bits per heavy atom. The highest BCUT2D eigenvalue weighted by molar-refractivity contribution is 7.92. The molecule has 0 aliphatic heterocycles. The lowest BCUT2D eigenvalue weighted by Crippen LogP contribution is -2.34. The lowest BCUT2D eigenvalue weighted by atomic mass is 10.3. The van der Waals surface area contributed by atoms with Crippen LogP contribution >= 0.6 is 0 Å². The van der Waals surface area contributed by atoms with Crippen molar-refractivity contribution in [2.75, 3.05) is 19.5 Å². The number of rotatable bonds is 6. The summed E-state index contributed by atoms with van der Waals surface area (Å²) in [5, 5.41) is -1.48. The van der Waals surface area contributed by atoms with Crippen molar-refractivity contribution >= 4 is 21.8 Å². The highest BCUT2D eigenvalue weighted by Gasteiger charge is 2.33. The van der Waals surface area contributed by atoms with Gasteiger partial charge in [-0.15, -0.1) is 0 Å². The van der Waals surface area contributed by atoms with Gasteiger partial charge in [-0.05, 0) is 13.8 Å². The third-order valence-corrected chi connectivity index (χ3v) is 3.12. The second-order valence-corrected chi connectivity index (χ2v) is 5.31. The molecule has 0 aromatic heterocycles. The van der Waals surface area contributed by atoms with Crippen molar-refractivity contribution in [3.8, 4) is 0 Å². The van der Waals surface area contributed by atoms with Gasteiger partial charge in [-0.25, -0.2) is 8.42 Å². The molecule has 1 unspecified atom stereocenters. The van der Waals surface area contributed by atoms with E-state index in [0.717, 1.165) is 6.26 Å². The average Bonchev–Trinajstić information content (AvgIpc) is 2.13. The van der Waals surface area contributed by atoms with E-state index in [1.165, 1.54) is 0 Å². The maximum Gasteiger partial charge on any atom is 0.324 e. The second kappa shape index (κ2) is 6.47. The van der Waals surface area contributed by atoms with Gasteiger partial charge in [0.25, 0.3) is 0 Å². The van der Waals surface area contributed by atoms with Crippen LogP contribution in [0.4, 0.5) is 0 Å². The van der Waals surface area contributed by atoms with Gasteiger partial charge in [0.05, 0.1) is 19.6 Å². The van der Waals surface area contributed by atoms with Crippen molar-refractivity contribution in [3.63, 3.8) is 0 Å². The van der Waals surface area contributed by atoms with E-state index >= 15 is 0 Å². The van der Waals surface area contributed by atoms with E-state index in [0.29, 0.717) is 0 Å².